The van der Waals surface area contributed by atoms with E-state index in [1.807, 2.05) is 35.2 Å². The minimum Gasteiger partial charge on any atom is -0.508 e. The van der Waals surface area contributed by atoms with E-state index in [1.54, 1.807) is 6.07 Å². The Labute approximate surface area is 190 Å². The number of fused-ring (bicyclic) bond motifs is 2. The van der Waals surface area contributed by atoms with Gasteiger partial charge in [-0.15, -0.1) is 6.58 Å². The van der Waals surface area contributed by atoms with Crippen molar-refractivity contribution in [3.05, 3.63) is 77.9 Å². The van der Waals surface area contributed by atoms with Crippen molar-refractivity contribution in [3.8, 4) is 5.75 Å². The molecule has 2 bridgehead atoms. The van der Waals surface area contributed by atoms with Gasteiger partial charge in [0, 0.05) is 50.4 Å². The molecule has 168 valence electrons. The number of hydrogen-bond donors (Lipinski definition) is 1. The highest BCUT2D eigenvalue weighted by Crippen LogP contribution is 2.39. The van der Waals surface area contributed by atoms with Gasteiger partial charge < -0.3 is 10.0 Å². The van der Waals surface area contributed by atoms with E-state index in [-0.39, 0.29) is 11.9 Å². The van der Waals surface area contributed by atoms with Gasteiger partial charge in [-0.1, -0.05) is 30.3 Å². The molecule has 0 aromatic heterocycles. The van der Waals surface area contributed by atoms with Crippen LogP contribution in [0.1, 0.15) is 53.2 Å². The second-order valence-electron chi connectivity index (χ2n) is 9.46. The van der Waals surface area contributed by atoms with Crippen LogP contribution in [0.25, 0.3) is 0 Å². The molecule has 0 spiro atoms. The molecule has 0 saturated carbocycles. The van der Waals surface area contributed by atoms with Crippen molar-refractivity contribution in [2.24, 2.45) is 0 Å². The first-order chi connectivity index (χ1) is 15.6. The number of aromatic hydroxyl groups is 1. The SMILES string of the molecule is C=CCN1C2CC1CN(C(c1ccc(C(=O)N3CCCCC3)cc1)c1cccc(O)c1)C2. The quantitative estimate of drug-likeness (QED) is 0.701. The average Bonchev–Trinajstić information content (AvgIpc) is 2.83. The number of carbonyl (C=O) groups excluding carboxylic acids is 1. The van der Waals surface area contributed by atoms with Gasteiger partial charge in [0.25, 0.3) is 5.91 Å². The largest absolute Gasteiger partial charge is 0.508 e. The standard InChI is InChI=1S/C27H33N3O2/c1-2-13-30-23-17-24(30)19-29(18-23)26(22-7-6-8-25(31)16-22)20-9-11-21(12-10-20)27(32)28-14-4-3-5-15-28/h2,6-12,16,23-24,26,31H,1,3-5,13-15,17-19H2. The van der Waals surface area contributed by atoms with Crippen LogP contribution in [0.4, 0.5) is 0 Å². The van der Waals surface area contributed by atoms with Gasteiger partial charge in [0.2, 0.25) is 0 Å². The lowest BCUT2D eigenvalue weighted by molar-refractivity contribution is -0.0706. The van der Waals surface area contributed by atoms with Crippen LogP contribution in [-0.4, -0.2) is 70.5 Å². The van der Waals surface area contributed by atoms with E-state index in [4.69, 9.17) is 0 Å². The van der Waals surface area contributed by atoms with Crippen molar-refractivity contribution in [2.75, 3.05) is 32.7 Å². The summed E-state index contributed by atoms with van der Waals surface area (Å²) in [5, 5.41) is 10.2. The Morgan fingerprint density at radius 1 is 1.03 bits per heavy atom. The van der Waals surface area contributed by atoms with E-state index < -0.39 is 0 Å². The van der Waals surface area contributed by atoms with Crippen molar-refractivity contribution >= 4 is 5.91 Å². The zero-order valence-corrected chi connectivity index (χ0v) is 18.7. The van der Waals surface area contributed by atoms with E-state index in [1.165, 1.54) is 18.4 Å². The van der Waals surface area contributed by atoms with Crippen molar-refractivity contribution in [2.45, 2.75) is 43.8 Å². The highest BCUT2D eigenvalue weighted by molar-refractivity contribution is 5.94. The third-order valence-corrected chi connectivity index (χ3v) is 7.38. The highest BCUT2D eigenvalue weighted by atomic mass is 16.3. The van der Waals surface area contributed by atoms with Gasteiger partial charge in [-0.25, -0.2) is 0 Å². The molecule has 3 atom stereocenters. The van der Waals surface area contributed by atoms with Crippen molar-refractivity contribution < 1.29 is 9.90 Å². The number of rotatable bonds is 6. The number of carbonyl (C=O) groups is 1. The molecule has 4 heterocycles. The molecular weight excluding hydrogens is 398 g/mol. The molecule has 1 N–H and O–H groups in total. The smallest absolute Gasteiger partial charge is 0.253 e. The number of amides is 1. The number of hydrogen-bond acceptors (Lipinski definition) is 4. The average molecular weight is 432 g/mol. The van der Waals surface area contributed by atoms with Crippen molar-refractivity contribution in [1.82, 2.24) is 14.7 Å². The molecule has 2 aromatic carbocycles. The Morgan fingerprint density at radius 2 is 1.75 bits per heavy atom. The number of benzene rings is 2. The molecule has 4 aliphatic rings. The maximum Gasteiger partial charge on any atom is 0.253 e. The molecule has 6 rings (SSSR count). The van der Waals surface area contributed by atoms with E-state index in [2.05, 4.69) is 34.6 Å². The van der Waals surface area contributed by atoms with Crippen LogP contribution in [0, 0.1) is 0 Å². The molecule has 0 aliphatic carbocycles. The van der Waals surface area contributed by atoms with Gasteiger partial charge in [-0.2, -0.15) is 0 Å². The number of nitrogens with zero attached hydrogens (tertiary/aromatic N) is 3. The Hall–Kier alpha value is -2.63. The van der Waals surface area contributed by atoms with Crippen LogP contribution in [0.3, 0.4) is 0 Å². The maximum atomic E-state index is 12.9. The molecule has 5 heteroatoms. The van der Waals surface area contributed by atoms with Crippen molar-refractivity contribution in [3.63, 3.8) is 0 Å². The fourth-order valence-corrected chi connectivity index (χ4v) is 5.77. The summed E-state index contributed by atoms with van der Waals surface area (Å²) in [7, 11) is 0. The molecule has 2 aromatic rings. The normalized spacial score (nSPS) is 24.6. The number of piperazine rings is 1. The number of phenolic OH excluding ortho intramolecular Hbond substituents is 1. The van der Waals surface area contributed by atoms with E-state index in [0.29, 0.717) is 17.8 Å². The van der Waals surface area contributed by atoms with Crippen LogP contribution < -0.4 is 0 Å². The lowest BCUT2D eigenvalue weighted by Crippen LogP contribution is -2.68. The second kappa shape index (κ2) is 9.08. The lowest BCUT2D eigenvalue weighted by atomic mass is 9.84. The van der Waals surface area contributed by atoms with Gasteiger partial charge in [0.05, 0.1) is 6.04 Å². The first-order valence-corrected chi connectivity index (χ1v) is 11.9. The predicted molar refractivity (Wildman–Crippen MR) is 127 cm³/mol. The summed E-state index contributed by atoms with van der Waals surface area (Å²) in [5.41, 5.74) is 3.03. The molecule has 1 amide bonds. The molecule has 5 nitrogen and oxygen atoms in total. The molecule has 4 aliphatic heterocycles. The summed E-state index contributed by atoms with van der Waals surface area (Å²) in [6.07, 6.45) is 6.67. The molecule has 3 unspecified atom stereocenters. The Kier molecular flexibility index (Phi) is 6.03. The molecule has 4 fully saturated rings. The summed E-state index contributed by atoms with van der Waals surface area (Å²) < 4.78 is 0. The number of phenols is 1. The third kappa shape index (κ3) is 4.07. The highest BCUT2D eigenvalue weighted by Gasteiger charge is 2.45. The summed E-state index contributed by atoms with van der Waals surface area (Å²) in [6.45, 7) is 8.59. The van der Waals surface area contributed by atoms with Crippen LogP contribution in [0.5, 0.6) is 5.75 Å². The summed E-state index contributed by atoms with van der Waals surface area (Å²) in [4.78, 5) is 20.0. The number of piperidine rings is 2. The molecule has 32 heavy (non-hydrogen) atoms. The lowest BCUT2D eigenvalue weighted by Gasteiger charge is -2.57. The number of likely N-dealkylation sites (tertiary alicyclic amines) is 1. The van der Waals surface area contributed by atoms with Crippen LogP contribution in [0.15, 0.2) is 61.2 Å². The Morgan fingerprint density at radius 3 is 2.41 bits per heavy atom. The summed E-state index contributed by atoms with van der Waals surface area (Å²) in [5.74, 6) is 0.435. The third-order valence-electron chi connectivity index (χ3n) is 7.38. The minimum absolute atomic E-state index is 0.0671. The fraction of sp³-hybridized carbons (Fsp3) is 0.444. The van der Waals surface area contributed by atoms with E-state index in [0.717, 1.165) is 56.7 Å². The Bertz CT molecular complexity index is 955. The van der Waals surface area contributed by atoms with E-state index in [9.17, 15) is 9.90 Å². The van der Waals surface area contributed by atoms with Crippen LogP contribution in [0.2, 0.25) is 0 Å². The minimum atomic E-state index is 0.0671. The van der Waals surface area contributed by atoms with Gasteiger partial charge in [0.15, 0.2) is 0 Å². The Balaban J connectivity index is 1.40. The van der Waals surface area contributed by atoms with Gasteiger partial charge in [-0.05, 0) is 61.1 Å². The molecule has 4 saturated heterocycles. The van der Waals surface area contributed by atoms with Crippen LogP contribution >= 0.6 is 0 Å². The summed E-state index contributed by atoms with van der Waals surface area (Å²) in [6, 6.07) is 17.0. The second-order valence-corrected chi connectivity index (χ2v) is 9.46. The fourth-order valence-electron chi connectivity index (χ4n) is 5.77. The van der Waals surface area contributed by atoms with Crippen LogP contribution in [-0.2, 0) is 0 Å². The topological polar surface area (TPSA) is 47.0 Å². The predicted octanol–water partition coefficient (Wildman–Crippen LogP) is 4.05. The van der Waals surface area contributed by atoms with Gasteiger partial charge in [-0.3, -0.25) is 14.6 Å². The van der Waals surface area contributed by atoms with Crippen molar-refractivity contribution in [1.29, 1.82) is 0 Å². The van der Waals surface area contributed by atoms with Gasteiger partial charge in [0.1, 0.15) is 5.75 Å². The zero-order valence-electron chi connectivity index (χ0n) is 18.7. The summed E-state index contributed by atoms with van der Waals surface area (Å²) >= 11 is 0. The zero-order chi connectivity index (χ0) is 22.1. The molecular formula is C27H33N3O2. The maximum absolute atomic E-state index is 12.9. The molecule has 0 radical (unpaired) electrons. The first kappa shape index (κ1) is 21.2. The monoisotopic (exact) mass is 431 g/mol. The van der Waals surface area contributed by atoms with E-state index >= 15 is 0 Å². The van der Waals surface area contributed by atoms with Gasteiger partial charge >= 0.3 is 0 Å². The first-order valence-electron chi connectivity index (χ1n) is 11.9.